The molecule has 2 N–H and O–H groups in total. The van der Waals surface area contributed by atoms with Gasteiger partial charge in [0.25, 0.3) is 0 Å². The highest BCUT2D eigenvalue weighted by molar-refractivity contribution is 7.16. The molecule has 1 saturated heterocycles. The molecule has 0 bridgehead atoms. The Morgan fingerprint density at radius 3 is 2.73 bits per heavy atom. The third kappa shape index (κ3) is 6.67. The van der Waals surface area contributed by atoms with Crippen LogP contribution in [0.5, 0.6) is 0 Å². The van der Waals surface area contributed by atoms with Crippen LogP contribution in [0.15, 0.2) is 66.2 Å². The van der Waals surface area contributed by atoms with Gasteiger partial charge in [0.1, 0.15) is 24.3 Å². The van der Waals surface area contributed by atoms with Crippen LogP contribution in [0.25, 0.3) is 0 Å². The summed E-state index contributed by atoms with van der Waals surface area (Å²) in [5, 5.41) is 15.8. The van der Waals surface area contributed by atoms with E-state index in [2.05, 4.69) is 15.3 Å². The summed E-state index contributed by atoms with van der Waals surface area (Å²) in [6, 6.07) is 14.8. The average Bonchev–Trinajstić information content (AvgIpc) is 3.62. The lowest BCUT2D eigenvalue weighted by molar-refractivity contribution is -0.162. The van der Waals surface area contributed by atoms with Gasteiger partial charge < -0.3 is 15.2 Å². The van der Waals surface area contributed by atoms with Crippen LogP contribution in [0.4, 0.5) is 15.3 Å². The summed E-state index contributed by atoms with van der Waals surface area (Å²) in [5.74, 6) is -1.88. The molecule has 0 radical (unpaired) electrons. The molecule has 1 aliphatic rings. The molecule has 2 unspecified atom stereocenters. The van der Waals surface area contributed by atoms with Crippen LogP contribution in [0.3, 0.4) is 0 Å². The SMILES string of the molecule is O=C(OCc1ccccc1)C1CC(Cc2nc(Nc3nccs3)ccc2F)(C(=O)O)CCN1Cc1ccc(Cl)s1. The number of esters is 1. The van der Waals surface area contributed by atoms with Crippen LogP contribution in [0.2, 0.25) is 4.34 Å². The molecular weight excluding hydrogens is 575 g/mol. The van der Waals surface area contributed by atoms with E-state index in [0.29, 0.717) is 28.4 Å². The summed E-state index contributed by atoms with van der Waals surface area (Å²) >= 11 is 8.89. The number of thiophene rings is 1. The number of thiazole rings is 1. The second-order valence-corrected chi connectivity index (χ2v) is 12.3. The maximum Gasteiger partial charge on any atom is 0.323 e. The minimum Gasteiger partial charge on any atom is -0.481 e. The summed E-state index contributed by atoms with van der Waals surface area (Å²) in [6.45, 7) is 0.777. The molecule has 0 spiro atoms. The van der Waals surface area contributed by atoms with Gasteiger partial charge in [0.15, 0.2) is 5.13 Å². The molecule has 2 atom stereocenters. The Bertz CT molecular complexity index is 1470. The number of hydrogen-bond donors (Lipinski definition) is 2. The van der Waals surface area contributed by atoms with Gasteiger partial charge >= 0.3 is 11.9 Å². The summed E-state index contributed by atoms with van der Waals surface area (Å²) in [4.78, 5) is 37.6. The van der Waals surface area contributed by atoms with Crippen molar-refractivity contribution < 1.29 is 23.8 Å². The number of ether oxygens (including phenoxy) is 1. The number of rotatable bonds is 10. The van der Waals surface area contributed by atoms with E-state index in [1.807, 2.05) is 41.3 Å². The molecule has 0 aliphatic carbocycles. The molecule has 0 saturated carbocycles. The highest BCUT2D eigenvalue weighted by Crippen LogP contribution is 2.40. The van der Waals surface area contributed by atoms with Crippen molar-refractivity contribution >= 4 is 57.2 Å². The number of nitrogens with zero attached hydrogens (tertiary/aromatic N) is 3. The van der Waals surface area contributed by atoms with E-state index in [9.17, 15) is 19.1 Å². The quantitative estimate of drug-likeness (QED) is 0.209. The Balaban J connectivity index is 1.40. The number of hydrogen-bond acceptors (Lipinski definition) is 9. The molecule has 5 rings (SSSR count). The van der Waals surface area contributed by atoms with E-state index in [0.717, 1.165) is 10.4 Å². The first-order chi connectivity index (χ1) is 19.3. The number of aliphatic carboxylic acids is 1. The minimum absolute atomic E-state index is 0.0128. The van der Waals surface area contributed by atoms with E-state index in [4.69, 9.17) is 16.3 Å². The number of aromatic nitrogens is 2. The van der Waals surface area contributed by atoms with Gasteiger partial charge in [0, 0.05) is 36.0 Å². The number of piperidine rings is 1. The molecule has 1 fully saturated rings. The van der Waals surface area contributed by atoms with Crippen molar-refractivity contribution in [1.82, 2.24) is 14.9 Å². The van der Waals surface area contributed by atoms with E-state index in [-0.39, 0.29) is 31.6 Å². The van der Waals surface area contributed by atoms with Gasteiger partial charge in [-0.2, -0.15) is 0 Å². The molecule has 1 aliphatic heterocycles. The zero-order valence-electron chi connectivity index (χ0n) is 21.3. The van der Waals surface area contributed by atoms with Crippen molar-refractivity contribution in [2.24, 2.45) is 5.41 Å². The Kier molecular flexibility index (Phi) is 8.75. The van der Waals surface area contributed by atoms with Crippen LogP contribution in [0, 0.1) is 11.2 Å². The second kappa shape index (κ2) is 12.4. The second-order valence-electron chi connectivity index (χ2n) is 9.59. The maximum absolute atomic E-state index is 15.0. The number of carboxylic acid groups (broad SMARTS) is 1. The summed E-state index contributed by atoms with van der Waals surface area (Å²) < 4.78 is 21.2. The number of carboxylic acids is 1. The van der Waals surface area contributed by atoms with Gasteiger partial charge in [0.2, 0.25) is 0 Å². The highest BCUT2D eigenvalue weighted by atomic mass is 35.5. The van der Waals surface area contributed by atoms with E-state index < -0.39 is 29.2 Å². The van der Waals surface area contributed by atoms with Crippen molar-refractivity contribution in [3.05, 3.63) is 92.5 Å². The first-order valence-corrected chi connectivity index (χ1v) is 14.6. The number of benzene rings is 1. The predicted molar refractivity (Wildman–Crippen MR) is 152 cm³/mol. The van der Waals surface area contributed by atoms with Crippen molar-refractivity contribution in [1.29, 1.82) is 0 Å². The molecule has 8 nitrogen and oxygen atoms in total. The van der Waals surface area contributed by atoms with Gasteiger partial charge in [-0.25, -0.2) is 14.4 Å². The lowest BCUT2D eigenvalue weighted by Gasteiger charge is -2.43. The molecule has 40 heavy (non-hydrogen) atoms. The fourth-order valence-corrected chi connectivity index (χ4v) is 6.47. The Labute approximate surface area is 243 Å². The van der Waals surface area contributed by atoms with Crippen LogP contribution >= 0.6 is 34.3 Å². The molecule has 12 heteroatoms. The van der Waals surface area contributed by atoms with Gasteiger partial charge in [-0.05, 0) is 42.7 Å². The molecular formula is C28H26ClFN4O4S2. The molecule has 208 valence electrons. The number of nitrogens with one attached hydrogen (secondary N) is 1. The van der Waals surface area contributed by atoms with Crippen molar-refractivity contribution in [2.45, 2.75) is 38.5 Å². The van der Waals surface area contributed by atoms with E-state index >= 15 is 0 Å². The first-order valence-electron chi connectivity index (χ1n) is 12.6. The predicted octanol–water partition coefficient (Wildman–Crippen LogP) is 6.16. The zero-order valence-corrected chi connectivity index (χ0v) is 23.6. The molecule has 4 aromatic rings. The summed E-state index contributed by atoms with van der Waals surface area (Å²) in [6.07, 6.45) is 1.60. The highest BCUT2D eigenvalue weighted by Gasteiger charge is 2.49. The Hall–Kier alpha value is -3.38. The number of anilines is 2. The first kappa shape index (κ1) is 28.2. The van der Waals surface area contributed by atoms with Crippen molar-refractivity contribution in [3.63, 3.8) is 0 Å². The number of halogens is 2. The van der Waals surface area contributed by atoms with E-state index in [1.54, 1.807) is 17.6 Å². The van der Waals surface area contributed by atoms with Gasteiger partial charge in [0.05, 0.1) is 15.4 Å². The fraction of sp³-hybridized carbons (Fsp3) is 0.286. The largest absolute Gasteiger partial charge is 0.481 e. The van der Waals surface area contributed by atoms with Crippen LogP contribution in [0.1, 0.15) is 29.0 Å². The minimum atomic E-state index is -1.42. The topological polar surface area (TPSA) is 105 Å². The number of pyridine rings is 1. The van der Waals surface area contributed by atoms with Crippen LogP contribution in [-0.2, 0) is 33.9 Å². The number of carbonyl (C=O) groups is 2. The standard InChI is InChI=1S/C28H26ClFN4O4S2/c29-23-8-6-19(40-23)16-34-12-10-28(26(36)37,15-22(34)25(35)38-17-18-4-2-1-3-5-18)14-21-20(30)7-9-24(32-21)33-27-31-11-13-39-27/h1-9,11,13,22H,10,12,14-17H2,(H,36,37)(H,31,32,33). The smallest absolute Gasteiger partial charge is 0.323 e. The third-order valence-corrected chi connectivity index (χ3v) is 8.84. The Morgan fingerprint density at radius 2 is 2.02 bits per heavy atom. The van der Waals surface area contributed by atoms with Gasteiger partial charge in [-0.15, -0.1) is 22.7 Å². The zero-order chi connectivity index (χ0) is 28.1. The molecule has 0 amide bonds. The normalized spacial score (nSPS) is 19.3. The van der Waals surface area contributed by atoms with Crippen molar-refractivity contribution in [2.75, 3.05) is 11.9 Å². The van der Waals surface area contributed by atoms with Gasteiger partial charge in [-0.3, -0.25) is 14.5 Å². The van der Waals surface area contributed by atoms with Gasteiger partial charge in [-0.1, -0.05) is 41.9 Å². The molecule has 4 heterocycles. The fourth-order valence-electron chi connectivity index (χ4n) is 4.82. The summed E-state index contributed by atoms with van der Waals surface area (Å²) in [7, 11) is 0. The number of carbonyl (C=O) groups excluding carboxylic acids is 1. The lowest BCUT2D eigenvalue weighted by Crippen LogP contribution is -2.54. The lowest BCUT2D eigenvalue weighted by atomic mass is 9.71. The molecule has 3 aromatic heterocycles. The van der Waals surface area contributed by atoms with E-state index in [1.165, 1.54) is 34.8 Å². The van der Waals surface area contributed by atoms with Crippen LogP contribution < -0.4 is 5.32 Å². The third-order valence-electron chi connectivity index (χ3n) is 6.93. The average molecular weight is 601 g/mol. The van der Waals surface area contributed by atoms with Crippen molar-refractivity contribution in [3.8, 4) is 0 Å². The monoisotopic (exact) mass is 600 g/mol. The molecule has 1 aromatic carbocycles. The summed E-state index contributed by atoms with van der Waals surface area (Å²) in [5.41, 5.74) is -0.587. The van der Waals surface area contributed by atoms with Crippen LogP contribution in [-0.4, -0.2) is 44.5 Å². The Morgan fingerprint density at radius 1 is 1.20 bits per heavy atom. The number of likely N-dealkylation sites (tertiary alicyclic amines) is 1. The maximum atomic E-state index is 15.0.